The Bertz CT molecular complexity index is 814. The zero-order chi connectivity index (χ0) is 13.2. The molecule has 1 heterocycles. The highest BCUT2D eigenvalue weighted by Gasteiger charge is 2.06. The van der Waals surface area contributed by atoms with Gasteiger partial charge < -0.3 is 5.32 Å². The average Bonchev–Trinajstić information content (AvgIpc) is 2.76. The summed E-state index contributed by atoms with van der Waals surface area (Å²) in [6.07, 6.45) is -0.121. The molecule has 3 nitrogen and oxygen atoms in total. The Morgan fingerprint density at radius 1 is 1.16 bits per heavy atom. The zero-order valence-corrected chi connectivity index (χ0v) is 10.8. The van der Waals surface area contributed by atoms with Crippen LogP contribution >= 0.6 is 11.3 Å². The second kappa shape index (κ2) is 4.71. The van der Waals surface area contributed by atoms with Gasteiger partial charge in [-0.1, -0.05) is 24.3 Å². The number of fused-ring (bicyclic) bond motifs is 3. The predicted octanol–water partition coefficient (Wildman–Crippen LogP) is 3.91. The fraction of sp³-hybridized carbons (Fsp3) is 0.0667. The van der Waals surface area contributed by atoms with Gasteiger partial charge in [0.2, 0.25) is 5.91 Å². The number of rotatable bonds is 2. The minimum absolute atomic E-state index is 0.121. The summed E-state index contributed by atoms with van der Waals surface area (Å²) in [7, 11) is 0. The molecule has 0 spiro atoms. The lowest BCUT2D eigenvalue weighted by Gasteiger charge is -2.02. The monoisotopic (exact) mass is 266 g/mol. The van der Waals surface area contributed by atoms with Gasteiger partial charge in [0.25, 0.3) is 0 Å². The van der Waals surface area contributed by atoms with Crippen LogP contribution in [-0.4, -0.2) is 5.91 Å². The van der Waals surface area contributed by atoms with Gasteiger partial charge >= 0.3 is 0 Å². The quantitative estimate of drug-likeness (QED) is 0.764. The molecule has 0 bridgehead atoms. The van der Waals surface area contributed by atoms with Crippen LogP contribution in [0.15, 0.2) is 42.5 Å². The molecular weight excluding hydrogens is 256 g/mol. The van der Waals surface area contributed by atoms with Crippen LogP contribution in [0.25, 0.3) is 20.2 Å². The summed E-state index contributed by atoms with van der Waals surface area (Å²) in [5, 5.41) is 13.6. The molecule has 0 radical (unpaired) electrons. The second-order valence-electron chi connectivity index (χ2n) is 4.19. The second-order valence-corrected chi connectivity index (χ2v) is 5.28. The summed E-state index contributed by atoms with van der Waals surface area (Å²) in [6, 6.07) is 15.9. The molecule has 0 fully saturated rings. The number of thiophene rings is 1. The molecule has 0 saturated heterocycles. The van der Waals surface area contributed by atoms with Gasteiger partial charge in [0, 0.05) is 25.9 Å². The first kappa shape index (κ1) is 11.7. The maximum Gasteiger partial charge on any atom is 0.238 e. The highest BCUT2D eigenvalue weighted by Crippen LogP contribution is 2.34. The molecule has 0 aliphatic rings. The molecular formula is C15H10N2OS. The molecule has 0 aliphatic heterocycles. The molecule has 4 heteroatoms. The first-order chi connectivity index (χ1) is 9.28. The van der Waals surface area contributed by atoms with Crippen molar-refractivity contribution in [3.05, 3.63) is 42.5 Å². The average molecular weight is 266 g/mol. The number of nitriles is 1. The van der Waals surface area contributed by atoms with Crippen molar-refractivity contribution in [2.45, 2.75) is 6.42 Å². The Balaban J connectivity index is 2.04. The van der Waals surface area contributed by atoms with Crippen LogP contribution in [0.3, 0.4) is 0 Å². The summed E-state index contributed by atoms with van der Waals surface area (Å²) in [5.41, 5.74) is 0.735. The van der Waals surface area contributed by atoms with E-state index in [1.807, 2.05) is 36.4 Å². The Morgan fingerprint density at radius 3 is 2.79 bits per heavy atom. The minimum Gasteiger partial charge on any atom is -0.325 e. The van der Waals surface area contributed by atoms with E-state index >= 15 is 0 Å². The van der Waals surface area contributed by atoms with Crippen molar-refractivity contribution in [1.29, 1.82) is 5.26 Å². The molecule has 1 N–H and O–H groups in total. The highest BCUT2D eigenvalue weighted by molar-refractivity contribution is 7.25. The van der Waals surface area contributed by atoms with Gasteiger partial charge in [-0.15, -0.1) is 11.3 Å². The SMILES string of the molecule is N#CCC(=O)Nc1ccc2c(c1)sc1ccccc12. The maximum absolute atomic E-state index is 11.4. The fourth-order valence-corrected chi connectivity index (χ4v) is 3.23. The van der Waals surface area contributed by atoms with Crippen molar-refractivity contribution in [2.75, 3.05) is 5.32 Å². The van der Waals surface area contributed by atoms with E-state index in [0.29, 0.717) is 0 Å². The van der Waals surface area contributed by atoms with Crippen molar-refractivity contribution in [1.82, 2.24) is 0 Å². The van der Waals surface area contributed by atoms with E-state index in [9.17, 15) is 4.79 Å². The number of carbonyl (C=O) groups is 1. The molecule has 0 saturated carbocycles. The Morgan fingerprint density at radius 2 is 1.95 bits per heavy atom. The Labute approximate surface area is 114 Å². The van der Waals surface area contributed by atoms with Crippen molar-refractivity contribution in [2.24, 2.45) is 0 Å². The van der Waals surface area contributed by atoms with E-state index < -0.39 is 0 Å². The van der Waals surface area contributed by atoms with Crippen molar-refractivity contribution >= 4 is 43.1 Å². The van der Waals surface area contributed by atoms with E-state index in [0.717, 1.165) is 10.4 Å². The number of carbonyl (C=O) groups excluding carboxylic acids is 1. The predicted molar refractivity (Wildman–Crippen MR) is 78.2 cm³/mol. The van der Waals surface area contributed by atoms with E-state index in [-0.39, 0.29) is 12.3 Å². The van der Waals surface area contributed by atoms with Crippen molar-refractivity contribution in [3.63, 3.8) is 0 Å². The smallest absolute Gasteiger partial charge is 0.238 e. The fourth-order valence-electron chi connectivity index (χ4n) is 2.08. The molecule has 3 rings (SSSR count). The summed E-state index contributed by atoms with van der Waals surface area (Å²) in [4.78, 5) is 11.4. The third-order valence-corrected chi connectivity index (χ3v) is 4.04. The molecule has 3 aromatic rings. The van der Waals surface area contributed by atoms with Crippen LogP contribution in [0.1, 0.15) is 6.42 Å². The molecule has 1 aromatic heterocycles. The van der Waals surface area contributed by atoms with Gasteiger partial charge in [0.1, 0.15) is 6.42 Å². The third kappa shape index (κ3) is 2.16. The lowest BCUT2D eigenvalue weighted by atomic mass is 10.1. The summed E-state index contributed by atoms with van der Waals surface area (Å²) in [6.45, 7) is 0. The van der Waals surface area contributed by atoms with Crippen LogP contribution in [0.5, 0.6) is 0 Å². The lowest BCUT2D eigenvalue weighted by Crippen LogP contribution is -2.09. The molecule has 19 heavy (non-hydrogen) atoms. The van der Waals surface area contributed by atoms with Gasteiger partial charge in [0.05, 0.1) is 6.07 Å². The molecule has 0 atom stereocenters. The summed E-state index contributed by atoms with van der Waals surface area (Å²) in [5.74, 6) is -0.275. The Kier molecular flexibility index (Phi) is 2.90. The van der Waals surface area contributed by atoms with Gasteiger partial charge in [-0.05, 0) is 18.2 Å². The minimum atomic E-state index is -0.275. The van der Waals surface area contributed by atoms with Gasteiger partial charge in [-0.25, -0.2) is 0 Å². The number of amides is 1. The standard InChI is InChI=1S/C15H10N2OS/c16-8-7-15(18)17-10-5-6-12-11-3-1-2-4-13(11)19-14(12)9-10/h1-6,9H,7H2,(H,17,18). The van der Waals surface area contributed by atoms with Crippen LogP contribution in [-0.2, 0) is 4.79 Å². The van der Waals surface area contributed by atoms with Crippen LogP contribution in [0.4, 0.5) is 5.69 Å². The van der Waals surface area contributed by atoms with E-state index in [1.165, 1.54) is 15.5 Å². The van der Waals surface area contributed by atoms with Crippen LogP contribution < -0.4 is 5.32 Å². The van der Waals surface area contributed by atoms with E-state index in [2.05, 4.69) is 17.4 Å². The van der Waals surface area contributed by atoms with Gasteiger partial charge in [0.15, 0.2) is 0 Å². The summed E-state index contributed by atoms with van der Waals surface area (Å²) < 4.78 is 2.37. The van der Waals surface area contributed by atoms with Gasteiger partial charge in [-0.3, -0.25) is 4.79 Å². The first-order valence-corrected chi connectivity index (χ1v) is 6.67. The number of hydrogen-bond donors (Lipinski definition) is 1. The molecule has 1 amide bonds. The lowest BCUT2D eigenvalue weighted by molar-refractivity contribution is -0.115. The molecule has 92 valence electrons. The maximum atomic E-state index is 11.4. The molecule has 0 unspecified atom stereocenters. The molecule has 0 aliphatic carbocycles. The van der Waals surface area contributed by atoms with Crippen molar-refractivity contribution < 1.29 is 4.79 Å². The largest absolute Gasteiger partial charge is 0.325 e. The number of hydrogen-bond acceptors (Lipinski definition) is 3. The zero-order valence-electron chi connectivity index (χ0n) is 10.0. The number of nitrogens with zero attached hydrogens (tertiary/aromatic N) is 1. The topological polar surface area (TPSA) is 52.9 Å². The first-order valence-electron chi connectivity index (χ1n) is 5.86. The number of nitrogens with one attached hydrogen (secondary N) is 1. The highest BCUT2D eigenvalue weighted by atomic mass is 32.1. The van der Waals surface area contributed by atoms with Gasteiger partial charge in [-0.2, -0.15) is 5.26 Å². The van der Waals surface area contributed by atoms with E-state index in [1.54, 1.807) is 11.3 Å². The van der Waals surface area contributed by atoms with Crippen LogP contribution in [0, 0.1) is 11.3 Å². The number of anilines is 1. The summed E-state index contributed by atoms with van der Waals surface area (Å²) >= 11 is 1.70. The van der Waals surface area contributed by atoms with Crippen molar-refractivity contribution in [3.8, 4) is 6.07 Å². The number of benzene rings is 2. The normalized spacial score (nSPS) is 10.5. The molecule has 2 aromatic carbocycles. The Hall–Kier alpha value is -2.38. The third-order valence-electron chi connectivity index (χ3n) is 2.90. The van der Waals surface area contributed by atoms with E-state index in [4.69, 9.17) is 5.26 Å². The van der Waals surface area contributed by atoms with Crippen LogP contribution in [0.2, 0.25) is 0 Å².